The third-order valence-corrected chi connectivity index (χ3v) is 4.29. The Bertz CT molecular complexity index is 431. The zero-order chi connectivity index (χ0) is 12.4. The number of anilines is 2. The lowest BCUT2D eigenvalue weighted by Crippen LogP contribution is -2.32. The largest absolute Gasteiger partial charge is 0.478 e. The van der Waals surface area contributed by atoms with Gasteiger partial charge in [0.1, 0.15) is 0 Å². The van der Waals surface area contributed by atoms with Crippen molar-refractivity contribution in [3.8, 4) is 0 Å². The molecule has 0 amide bonds. The molecular formula is C12H16N2O2S. The molecule has 5 heteroatoms. The molecule has 92 valence electrons. The number of carboxylic acids is 1. The summed E-state index contributed by atoms with van der Waals surface area (Å²) in [5, 5.41) is 9.03. The van der Waals surface area contributed by atoms with Gasteiger partial charge in [0.2, 0.25) is 0 Å². The van der Waals surface area contributed by atoms with Crippen LogP contribution in [0.3, 0.4) is 0 Å². The molecule has 4 nitrogen and oxygen atoms in total. The van der Waals surface area contributed by atoms with Crippen LogP contribution in [0.15, 0.2) is 18.2 Å². The number of para-hydroxylation sites is 1. The summed E-state index contributed by atoms with van der Waals surface area (Å²) >= 11 is 1.92. The van der Waals surface area contributed by atoms with E-state index in [-0.39, 0.29) is 5.56 Å². The number of nitrogens with two attached hydrogens (primary N) is 1. The number of nitrogens with zero attached hydrogens (tertiary/aromatic N) is 1. The summed E-state index contributed by atoms with van der Waals surface area (Å²) < 4.78 is 0. The molecule has 2 rings (SSSR count). The van der Waals surface area contributed by atoms with Gasteiger partial charge in [-0.2, -0.15) is 11.8 Å². The molecule has 1 aromatic carbocycles. The Hall–Kier alpha value is -1.36. The van der Waals surface area contributed by atoms with Crippen molar-refractivity contribution in [3.63, 3.8) is 0 Å². The minimum atomic E-state index is -0.974. The third kappa shape index (κ3) is 2.34. The van der Waals surface area contributed by atoms with E-state index in [4.69, 9.17) is 10.8 Å². The van der Waals surface area contributed by atoms with Gasteiger partial charge < -0.3 is 15.7 Å². The molecular weight excluding hydrogens is 236 g/mol. The van der Waals surface area contributed by atoms with Crippen LogP contribution in [0, 0.1) is 0 Å². The minimum absolute atomic E-state index is 0.181. The van der Waals surface area contributed by atoms with Gasteiger partial charge in [0.05, 0.1) is 16.9 Å². The van der Waals surface area contributed by atoms with Crippen LogP contribution in [0.25, 0.3) is 0 Å². The zero-order valence-corrected chi connectivity index (χ0v) is 10.5. The molecule has 0 radical (unpaired) electrons. The van der Waals surface area contributed by atoms with E-state index in [1.54, 1.807) is 12.1 Å². The van der Waals surface area contributed by atoms with Gasteiger partial charge in [-0.15, -0.1) is 0 Å². The maximum atomic E-state index is 11.0. The summed E-state index contributed by atoms with van der Waals surface area (Å²) in [5.41, 5.74) is 7.28. The summed E-state index contributed by atoms with van der Waals surface area (Å²) in [6.07, 6.45) is 1.12. The number of hydrogen-bond donors (Lipinski definition) is 2. The topological polar surface area (TPSA) is 66.6 Å². The van der Waals surface area contributed by atoms with Crippen molar-refractivity contribution in [1.82, 2.24) is 0 Å². The number of carboxylic acid groups (broad SMARTS) is 1. The molecule has 1 atom stereocenters. The van der Waals surface area contributed by atoms with Crippen molar-refractivity contribution in [3.05, 3.63) is 23.8 Å². The van der Waals surface area contributed by atoms with Crippen molar-refractivity contribution in [2.24, 2.45) is 0 Å². The highest BCUT2D eigenvalue weighted by atomic mass is 32.2. The molecule has 0 bridgehead atoms. The Kier molecular flexibility index (Phi) is 3.47. The molecule has 17 heavy (non-hydrogen) atoms. The molecule has 1 aliphatic heterocycles. The summed E-state index contributed by atoms with van der Waals surface area (Å²) in [7, 11) is 1.98. The van der Waals surface area contributed by atoms with Crippen LogP contribution in [0.5, 0.6) is 0 Å². The average molecular weight is 252 g/mol. The fourth-order valence-electron chi connectivity index (χ4n) is 2.07. The summed E-state index contributed by atoms with van der Waals surface area (Å²) in [5.74, 6) is 1.26. The van der Waals surface area contributed by atoms with Gasteiger partial charge >= 0.3 is 5.97 Å². The predicted molar refractivity (Wildman–Crippen MR) is 71.9 cm³/mol. The summed E-state index contributed by atoms with van der Waals surface area (Å²) in [6, 6.07) is 5.61. The molecule has 1 aliphatic rings. The van der Waals surface area contributed by atoms with E-state index < -0.39 is 5.97 Å². The van der Waals surface area contributed by atoms with E-state index in [0.29, 0.717) is 11.7 Å². The van der Waals surface area contributed by atoms with Gasteiger partial charge in [-0.25, -0.2) is 4.79 Å². The first kappa shape index (κ1) is 12.1. The van der Waals surface area contributed by atoms with Crippen molar-refractivity contribution in [1.29, 1.82) is 0 Å². The Balaban J connectivity index is 2.31. The maximum absolute atomic E-state index is 11.0. The number of benzene rings is 1. The van der Waals surface area contributed by atoms with Crippen molar-refractivity contribution < 1.29 is 9.90 Å². The second-order valence-corrected chi connectivity index (χ2v) is 5.32. The SMILES string of the molecule is CN(c1cccc(C(=O)O)c1N)C1CCSC1. The van der Waals surface area contributed by atoms with Gasteiger partial charge in [0.15, 0.2) is 0 Å². The average Bonchev–Trinajstić information content (AvgIpc) is 2.81. The van der Waals surface area contributed by atoms with Gasteiger partial charge in [-0.1, -0.05) is 6.07 Å². The van der Waals surface area contributed by atoms with E-state index in [1.165, 1.54) is 0 Å². The van der Waals surface area contributed by atoms with Crippen molar-refractivity contribution >= 4 is 29.1 Å². The molecule has 1 fully saturated rings. The molecule has 3 N–H and O–H groups in total. The van der Waals surface area contributed by atoms with Crippen LogP contribution in [0.2, 0.25) is 0 Å². The Morgan fingerprint density at radius 2 is 2.35 bits per heavy atom. The molecule has 0 aromatic heterocycles. The Labute approximate surface area is 105 Å². The maximum Gasteiger partial charge on any atom is 0.337 e. The second-order valence-electron chi connectivity index (χ2n) is 4.17. The normalized spacial score (nSPS) is 19.2. The third-order valence-electron chi connectivity index (χ3n) is 3.15. The molecule has 0 spiro atoms. The van der Waals surface area contributed by atoms with Crippen LogP contribution in [0.1, 0.15) is 16.8 Å². The van der Waals surface area contributed by atoms with Gasteiger partial charge in [-0.05, 0) is 24.3 Å². The second kappa shape index (κ2) is 4.87. The Morgan fingerprint density at radius 1 is 1.59 bits per heavy atom. The van der Waals surface area contributed by atoms with Crippen molar-refractivity contribution in [2.45, 2.75) is 12.5 Å². The molecule has 1 heterocycles. The number of rotatable bonds is 3. The highest BCUT2D eigenvalue weighted by Crippen LogP contribution is 2.31. The highest BCUT2D eigenvalue weighted by molar-refractivity contribution is 7.99. The zero-order valence-electron chi connectivity index (χ0n) is 9.72. The molecule has 1 unspecified atom stereocenters. The summed E-state index contributed by atoms with van der Waals surface area (Å²) in [6.45, 7) is 0. The van der Waals surface area contributed by atoms with Crippen LogP contribution >= 0.6 is 11.8 Å². The first-order valence-electron chi connectivity index (χ1n) is 5.53. The first-order valence-corrected chi connectivity index (χ1v) is 6.69. The van der Waals surface area contributed by atoms with Gasteiger partial charge in [0.25, 0.3) is 0 Å². The van der Waals surface area contributed by atoms with E-state index in [0.717, 1.165) is 23.6 Å². The lowest BCUT2D eigenvalue weighted by atomic mass is 10.1. The smallest absolute Gasteiger partial charge is 0.337 e. The predicted octanol–water partition coefficient (Wildman–Crippen LogP) is 1.91. The van der Waals surface area contributed by atoms with Gasteiger partial charge in [-0.3, -0.25) is 0 Å². The fourth-order valence-corrected chi connectivity index (χ4v) is 3.34. The van der Waals surface area contributed by atoms with E-state index in [9.17, 15) is 4.79 Å². The van der Waals surface area contributed by atoms with Crippen LogP contribution in [-0.2, 0) is 0 Å². The molecule has 0 aliphatic carbocycles. The number of hydrogen-bond acceptors (Lipinski definition) is 4. The van der Waals surface area contributed by atoms with Crippen molar-refractivity contribution in [2.75, 3.05) is 29.2 Å². The van der Waals surface area contributed by atoms with E-state index in [1.807, 2.05) is 24.9 Å². The lowest BCUT2D eigenvalue weighted by Gasteiger charge is -2.27. The van der Waals surface area contributed by atoms with Gasteiger partial charge in [0, 0.05) is 18.8 Å². The quantitative estimate of drug-likeness (QED) is 0.804. The van der Waals surface area contributed by atoms with Crippen LogP contribution < -0.4 is 10.6 Å². The van der Waals surface area contributed by atoms with E-state index >= 15 is 0 Å². The molecule has 1 saturated heterocycles. The number of nitrogen functional groups attached to an aromatic ring is 1. The van der Waals surface area contributed by atoms with Crippen LogP contribution in [0.4, 0.5) is 11.4 Å². The van der Waals surface area contributed by atoms with E-state index in [2.05, 4.69) is 4.90 Å². The Morgan fingerprint density at radius 3 is 2.94 bits per heavy atom. The monoisotopic (exact) mass is 252 g/mol. The van der Waals surface area contributed by atoms with Crippen LogP contribution in [-0.4, -0.2) is 35.7 Å². The first-order chi connectivity index (χ1) is 8.11. The number of carbonyl (C=O) groups is 1. The lowest BCUT2D eigenvalue weighted by molar-refractivity contribution is 0.0698. The molecule has 0 saturated carbocycles. The standard InChI is InChI=1S/C12H16N2O2S/c1-14(8-5-6-17-7-8)10-4-2-3-9(11(10)13)12(15)16/h2-4,8H,5-7,13H2,1H3,(H,15,16). The molecule has 1 aromatic rings. The fraction of sp³-hybridized carbons (Fsp3) is 0.417. The number of aromatic carboxylic acids is 1. The highest BCUT2D eigenvalue weighted by Gasteiger charge is 2.23. The summed E-state index contributed by atoms with van der Waals surface area (Å²) in [4.78, 5) is 13.1. The number of thioether (sulfide) groups is 1. The minimum Gasteiger partial charge on any atom is -0.478 e.